The minimum Gasteiger partial charge on any atom is -0.369 e. The average molecular weight is 408 g/mol. The van der Waals surface area contributed by atoms with Crippen molar-refractivity contribution in [3.63, 3.8) is 0 Å². The van der Waals surface area contributed by atoms with E-state index in [0.717, 1.165) is 16.8 Å². The van der Waals surface area contributed by atoms with Crippen LogP contribution in [0.4, 0.5) is 14.5 Å². The fourth-order valence-electron chi connectivity index (χ4n) is 4.65. The number of thiol groups is 1. The van der Waals surface area contributed by atoms with E-state index in [9.17, 15) is 4.39 Å². The van der Waals surface area contributed by atoms with Crippen LogP contribution < -0.4 is 10.6 Å². The van der Waals surface area contributed by atoms with E-state index in [0.29, 0.717) is 4.90 Å². The molecule has 0 bridgehead atoms. The minimum absolute atomic E-state index is 0.0153. The van der Waals surface area contributed by atoms with Gasteiger partial charge < -0.3 is 10.6 Å². The van der Waals surface area contributed by atoms with Gasteiger partial charge in [0.05, 0.1) is 29.4 Å². The summed E-state index contributed by atoms with van der Waals surface area (Å²) in [7, 11) is 0. The fourth-order valence-corrected chi connectivity index (χ4v) is 4.97. The van der Waals surface area contributed by atoms with Crippen molar-refractivity contribution in [2.75, 3.05) is 4.90 Å². The predicted molar refractivity (Wildman–Crippen MR) is 113 cm³/mol. The number of aliphatic imine (C=N–C) groups is 1. The van der Waals surface area contributed by atoms with E-state index >= 15 is 4.39 Å². The van der Waals surface area contributed by atoms with Gasteiger partial charge in [-0.2, -0.15) is 0 Å². The molecule has 0 saturated heterocycles. The molecule has 1 aromatic carbocycles. The quantitative estimate of drug-likeness (QED) is 0.443. The summed E-state index contributed by atoms with van der Waals surface area (Å²) in [5.74, 6) is -0.616. The Kier molecular flexibility index (Phi) is 3.93. The second kappa shape index (κ2) is 6.29. The Morgan fingerprint density at radius 2 is 2.14 bits per heavy atom. The summed E-state index contributed by atoms with van der Waals surface area (Å²) in [5.41, 5.74) is 7.99. The van der Waals surface area contributed by atoms with E-state index in [1.807, 2.05) is 29.2 Å². The lowest BCUT2D eigenvalue weighted by atomic mass is 9.82. The van der Waals surface area contributed by atoms with Crippen LogP contribution in [0.25, 0.3) is 5.57 Å². The van der Waals surface area contributed by atoms with Crippen molar-refractivity contribution < 1.29 is 8.78 Å². The standard InChI is InChI=1S/C22H18F2N4S/c1-12-13-5-2-8-17(29)19(13)28(20-14-6-3-9-18(24)22(12,14)20)21(25)27-11-16-15(23)7-4-10-26-16/h2-10,14,20,29H,1,11H2,(H2,25,27). The summed E-state index contributed by atoms with van der Waals surface area (Å²) < 4.78 is 29.0. The topological polar surface area (TPSA) is 54.5 Å². The van der Waals surface area contributed by atoms with Gasteiger partial charge >= 0.3 is 0 Å². The second-order valence-corrected chi connectivity index (χ2v) is 7.85. The van der Waals surface area contributed by atoms with Gasteiger partial charge in [0.25, 0.3) is 0 Å². The van der Waals surface area contributed by atoms with Crippen LogP contribution >= 0.6 is 12.6 Å². The molecule has 2 N–H and O–H groups in total. The summed E-state index contributed by atoms with van der Waals surface area (Å²) >= 11 is 4.61. The lowest BCUT2D eigenvalue weighted by Crippen LogP contribution is -2.45. The van der Waals surface area contributed by atoms with Gasteiger partial charge in [-0.05, 0) is 29.8 Å². The summed E-state index contributed by atoms with van der Waals surface area (Å²) in [6, 6.07) is 8.15. The first-order chi connectivity index (χ1) is 14.0. The van der Waals surface area contributed by atoms with Crippen LogP contribution in [-0.2, 0) is 6.54 Å². The highest BCUT2D eigenvalue weighted by Gasteiger charge is 2.73. The number of halogens is 2. The molecule has 2 aromatic rings. The van der Waals surface area contributed by atoms with E-state index in [4.69, 9.17) is 5.73 Å². The van der Waals surface area contributed by atoms with Gasteiger partial charge in [0, 0.05) is 22.6 Å². The Balaban J connectivity index is 1.62. The van der Waals surface area contributed by atoms with Gasteiger partial charge in [-0.1, -0.05) is 30.9 Å². The van der Waals surface area contributed by atoms with Crippen LogP contribution in [0.15, 0.2) is 77.1 Å². The number of nitrogens with zero attached hydrogens (tertiary/aromatic N) is 3. The maximum absolute atomic E-state index is 15.1. The first-order valence-corrected chi connectivity index (χ1v) is 9.67. The first kappa shape index (κ1) is 18.1. The fraction of sp³-hybridized carbons (Fsp3) is 0.182. The molecule has 1 saturated carbocycles. The highest BCUT2D eigenvalue weighted by atomic mass is 32.1. The van der Waals surface area contributed by atoms with Crippen molar-refractivity contribution in [2.24, 2.45) is 22.1 Å². The number of benzene rings is 1. The van der Waals surface area contributed by atoms with Gasteiger partial charge in [0.2, 0.25) is 0 Å². The van der Waals surface area contributed by atoms with Crippen molar-refractivity contribution >= 4 is 29.8 Å². The van der Waals surface area contributed by atoms with Gasteiger partial charge in [0.15, 0.2) is 5.96 Å². The van der Waals surface area contributed by atoms with E-state index in [2.05, 4.69) is 29.2 Å². The summed E-state index contributed by atoms with van der Waals surface area (Å²) in [6.45, 7) is 4.21. The number of hydrogen-bond donors (Lipinski definition) is 2. The molecule has 5 rings (SSSR count). The third kappa shape index (κ3) is 2.37. The van der Waals surface area contributed by atoms with Crippen molar-refractivity contribution in [2.45, 2.75) is 17.5 Å². The minimum atomic E-state index is -0.848. The molecule has 1 aliphatic heterocycles. The molecular weight excluding hydrogens is 390 g/mol. The van der Waals surface area contributed by atoms with Crippen LogP contribution in [0.5, 0.6) is 0 Å². The van der Waals surface area contributed by atoms with Crippen LogP contribution in [0, 0.1) is 17.2 Å². The molecule has 3 atom stereocenters. The van der Waals surface area contributed by atoms with Gasteiger partial charge in [0.1, 0.15) is 11.6 Å². The number of anilines is 1. The monoisotopic (exact) mass is 408 g/mol. The third-order valence-corrected chi connectivity index (χ3v) is 6.37. The molecule has 3 aliphatic rings. The number of rotatable bonds is 2. The molecule has 29 heavy (non-hydrogen) atoms. The Hall–Kier alpha value is -2.93. The lowest BCUT2D eigenvalue weighted by molar-refractivity contribution is 0.497. The SMILES string of the molecule is C=C1c2cccc(S)c2N(C(N)=NCc2ncccc2F)C2C3C=CC=C(F)C132. The number of allylic oxidation sites excluding steroid dienone is 2. The van der Waals surface area contributed by atoms with Gasteiger partial charge in [-0.3, -0.25) is 4.98 Å². The van der Waals surface area contributed by atoms with Gasteiger partial charge in [-0.15, -0.1) is 12.6 Å². The lowest BCUT2D eigenvalue weighted by Gasteiger charge is -2.36. The van der Waals surface area contributed by atoms with Crippen LogP contribution in [0.1, 0.15) is 11.3 Å². The Bertz CT molecular complexity index is 1140. The molecular formula is C22H18F2N4S. The molecule has 2 aliphatic carbocycles. The molecule has 2 heterocycles. The number of nitrogens with two attached hydrogens (primary N) is 1. The normalized spacial score (nSPS) is 27.1. The Labute approximate surface area is 172 Å². The number of pyridine rings is 1. The number of para-hydroxylation sites is 1. The molecule has 1 aromatic heterocycles. The van der Waals surface area contributed by atoms with Crippen molar-refractivity contribution in [3.8, 4) is 0 Å². The zero-order chi connectivity index (χ0) is 20.3. The molecule has 146 valence electrons. The molecule has 1 fully saturated rings. The highest BCUT2D eigenvalue weighted by molar-refractivity contribution is 7.80. The smallest absolute Gasteiger partial charge is 0.196 e. The Morgan fingerprint density at radius 1 is 1.31 bits per heavy atom. The molecule has 3 unspecified atom stereocenters. The maximum atomic E-state index is 15.1. The highest BCUT2D eigenvalue weighted by Crippen LogP contribution is 2.72. The molecule has 0 amide bonds. The van der Waals surface area contributed by atoms with Crippen LogP contribution in [-0.4, -0.2) is 17.0 Å². The number of aromatic nitrogens is 1. The summed E-state index contributed by atoms with van der Waals surface area (Å²) in [5, 5.41) is 0. The van der Waals surface area contributed by atoms with Crippen molar-refractivity contribution in [1.29, 1.82) is 0 Å². The third-order valence-electron chi connectivity index (χ3n) is 6.01. The van der Waals surface area contributed by atoms with Crippen LogP contribution in [0.2, 0.25) is 0 Å². The first-order valence-electron chi connectivity index (χ1n) is 9.22. The van der Waals surface area contributed by atoms with E-state index in [1.165, 1.54) is 24.4 Å². The van der Waals surface area contributed by atoms with E-state index in [-0.39, 0.29) is 36.0 Å². The number of fused-ring (bicyclic) bond motifs is 2. The maximum Gasteiger partial charge on any atom is 0.196 e. The van der Waals surface area contributed by atoms with E-state index in [1.54, 1.807) is 6.08 Å². The molecule has 1 spiro atoms. The van der Waals surface area contributed by atoms with Crippen molar-refractivity contribution in [1.82, 2.24) is 4.98 Å². The second-order valence-electron chi connectivity index (χ2n) is 7.37. The van der Waals surface area contributed by atoms with Crippen LogP contribution in [0.3, 0.4) is 0 Å². The zero-order valence-corrected chi connectivity index (χ0v) is 16.3. The Morgan fingerprint density at radius 3 is 2.93 bits per heavy atom. The summed E-state index contributed by atoms with van der Waals surface area (Å²) in [6.07, 6.45) is 6.68. The molecule has 4 nitrogen and oxygen atoms in total. The molecule has 0 radical (unpaired) electrons. The van der Waals surface area contributed by atoms with E-state index < -0.39 is 11.2 Å². The predicted octanol–water partition coefficient (Wildman–Crippen LogP) is 4.27. The average Bonchev–Trinajstić information content (AvgIpc) is 3.40. The van der Waals surface area contributed by atoms with Gasteiger partial charge in [-0.25, -0.2) is 13.8 Å². The number of guanidine groups is 1. The summed E-state index contributed by atoms with van der Waals surface area (Å²) in [4.78, 5) is 10.9. The van der Waals surface area contributed by atoms with Crippen molar-refractivity contribution in [3.05, 3.63) is 84.2 Å². The zero-order valence-electron chi connectivity index (χ0n) is 15.4. The number of hydrogen-bond acceptors (Lipinski definition) is 3. The largest absolute Gasteiger partial charge is 0.369 e. The molecule has 7 heteroatoms.